The number of hydrogen-bond acceptors (Lipinski definition) is 5. The molecule has 146 valence electrons. The zero-order chi connectivity index (χ0) is 19.3. The number of aromatic amines is 1. The lowest BCUT2D eigenvalue weighted by atomic mass is 9.72. The molecule has 28 heavy (non-hydrogen) atoms. The molecule has 0 aliphatic heterocycles. The molecule has 3 aromatic heterocycles. The lowest BCUT2D eigenvalue weighted by molar-refractivity contribution is -0.0446. The fourth-order valence-electron chi connectivity index (χ4n) is 4.30. The first-order valence-corrected chi connectivity index (χ1v) is 9.64. The molecule has 9 heteroatoms. The molecular formula is C19H20F2N6O. The van der Waals surface area contributed by atoms with Gasteiger partial charge in [-0.1, -0.05) is 0 Å². The first-order valence-electron chi connectivity index (χ1n) is 9.64. The summed E-state index contributed by atoms with van der Waals surface area (Å²) < 4.78 is 28.7. The van der Waals surface area contributed by atoms with Gasteiger partial charge in [-0.15, -0.1) is 0 Å². The van der Waals surface area contributed by atoms with Gasteiger partial charge in [-0.25, -0.2) is 28.4 Å². The van der Waals surface area contributed by atoms with Crippen molar-refractivity contribution in [2.24, 2.45) is 0 Å². The Bertz CT molecular complexity index is 1050. The summed E-state index contributed by atoms with van der Waals surface area (Å²) in [6.45, 7) is 0. The summed E-state index contributed by atoms with van der Waals surface area (Å²) in [5, 5.41) is 4.71. The lowest BCUT2D eigenvalue weighted by Gasteiger charge is -2.34. The van der Waals surface area contributed by atoms with Crippen molar-refractivity contribution in [1.82, 2.24) is 29.7 Å². The summed E-state index contributed by atoms with van der Waals surface area (Å²) in [4.78, 5) is 28.9. The minimum atomic E-state index is -2.61. The van der Waals surface area contributed by atoms with Crippen molar-refractivity contribution in [3.05, 3.63) is 46.7 Å². The number of alkyl halides is 2. The van der Waals surface area contributed by atoms with Crippen molar-refractivity contribution in [2.45, 2.75) is 62.3 Å². The Hall–Kier alpha value is -2.71. The second kappa shape index (κ2) is 6.42. The second-order valence-electron chi connectivity index (χ2n) is 7.76. The number of aromatic nitrogens is 6. The number of nitrogens with zero attached hydrogens (tertiary/aromatic N) is 5. The first kappa shape index (κ1) is 17.4. The Morgan fingerprint density at radius 3 is 2.46 bits per heavy atom. The van der Waals surface area contributed by atoms with Crippen LogP contribution in [0.1, 0.15) is 68.1 Å². The highest BCUT2D eigenvalue weighted by atomic mass is 19.3. The largest absolute Gasteiger partial charge is 0.310 e. The Labute approximate surface area is 159 Å². The van der Waals surface area contributed by atoms with Gasteiger partial charge in [0, 0.05) is 37.1 Å². The number of rotatable bonds is 3. The third-order valence-corrected chi connectivity index (χ3v) is 6.06. The topological polar surface area (TPSA) is 89.3 Å². The highest BCUT2D eigenvalue weighted by Crippen LogP contribution is 2.46. The average Bonchev–Trinajstić information content (AvgIpc) is 3.06. The Morgan fingerprint density at radius 1 is 1.07 bits per heavy atom. The molecule has 0 amide bonds. The van der Waals surface area contributed by atoms with Crippen molar-refractivity contribution in [3.8, 4) is 0 Å². The summed E-state index contributed by atoms with van der Waals surface area (Å²) in [7, 11) is 0. The van der Waals surface area contributed by atoms with E-state index >= 15 is 0 Å². The molecule has 0 bridgehead atoms. The van der Waals surface area contributed by atoms with Crippen molar-refractivity contribution in [1.29, 1.82) is 0 Å². The maximum absolute atomic E-state index is 13.5. The van der Waals surface area contributed by atoms with Crippen molar-refractivity contribution >= 4 is 11.0 Å². The summed E-state index contributed by atoms with van der Waals surface area (Å²) in [5.41, 5.74) is 0.237. The monoisotopic (exact) mass is 386 g/mol. The second-order valence-corrected chi connectivity index (χ2v) is 7.76. The van der Waals surface area contributed by atoms with Crippen LogP contribution in [0.5, 0.6) is 0 Å². The molecule has 2 fully saturated rings. The highest BCUT2D eigenvalue weighted by molar-refractivity contribution is 5.73. The molecule has 5 rings (SSSR count). The standard InChI is InChI=1S/C19H20F2N6O/c20-19(21)6-4-11(5-7-19)27-17-14(10-24-27)18(28)26-16(25-17)13-3-2-12(13)15-22-8-1-9-23-15/h1,8-13H,2-7H2,(H,25,26,28)/t12-,13+/m1/s1. The van der Waals surface area contributed by atoms with Crippen LogP contribution >= 0.6 is 0 Å². The maximum atomic E-state index is 13.5. The predicted molar refractivity (Wildman–Crippen MR) is 97.3 cm³/mol. The predicted octanol–water partition coefficient (Wildman–Crippen LogP) is 3.32. The quantitative estimate of drug-likeness (QED) is 0.746. The van der Waals surface area contributed by atoms with Gasteiger partial charge in [0.1, 0.15) is 17.0 Å². The third-order valence-electron chi connectivity index (χ3n) is 6.06. The summed E-state index contributed by atoms with van der Waals surface area (Å²) in [6.07, 6.45) is 7.08. The number of halogens is 2. The van der Waals surface area contributed by atoms with Crippen molar-refractivity contribution in [3.63, 3.8) is 0 Å². The molecule has 2 saturated carbocycles. The first-order chi connectivity index (χ1) is 13.5. The van der Waals surface area contributed by atoms with E-state index in [1.165, 1.54) is 6.20 Å². The van der Waals surface area contributed by atoms with E-state index in [-0.39, 0.29) is 36.3 Å². The van der Waals surface area contributed by atoms with E-state index in [1.54, 1.807) is 23.1 Å². The van der Waals surface area contributed by atoms with Crippen LogP contribution in [0.4, 0.5) is 8.78 Å². The highest BCUT2D eigenvalue weighted by Gasteiger charge is 2.39. The van der Waals surface area contributed by atoms with Gasteiger partial charge in [0.2, 0.25) is 5.92 Å². The molecule has 0 aromatic carbocycles. The van der Waals surface area contributed by atoms with Gasteiger partial charge >= 0.3 is 0 Å². The van der Waals surface area contributed by atoms with Gasteiger partial charge in [-0.2, -0.15) is 5.10 Å². The fourth-order valence-corrected chi connectivity index (χ4v) is 4.30. The van der Waals surface area contributed by atoms with Crippen LogP contribution in [-0.2, 0) is 0 Å². The molecular weight excluding hydrogens is 366 g/mol. The molecule has 2 aliphatic rings. The Kier molecular flexibility index (Phi) is 3.99. The number of fused-ring (bicyclic) bond motifs is 1. The van der Waals surface area contributed by atoms with Gasteiger partial charge < -0.3 is 4.98 Å². The molecule has 3 aromatic rings. The van der Waals surface area contributed by atoms with E-state index in [4.69, 9.17) is 4.98 Å². The van der Waals surface area contributed by atoms with Crippen LogP contribution in [0.25, 0.3) is 11.0 Å². The van der Waals surface area contributed by atoms with E-state index < -0.39 is 5.92 Å². The van der Waals surface area contributed by atoms with Gasteiger partial charge in [-0.3, -0.25) is 4.79 Å². The summed E-state index contributed by atoms with van der Waals surface area (Å²) in [6, 6.07) is 1.62. The number of H-pyrrole nitrogens is 1. The van der Waals surface area contributed by atoms with Gasteiger partial charge in [0.25, 0.3) is 5.56 Å². The molecule has 7 nitrogen and oxygen atoms in total. The van der Waals surface area contributed by atoms with Crippen LogP contribution in [0.15, 0.2) is 29.5 Å². The van der Waals surface area contributed by atoms with Crippen LogP contribution < -0.4 is 5.56 Å². The zero-order valence-electron chi connectivity index (χ0n) is 15.2. The van der Waals surface area contributed by atoms with Gasteiger partial charge in [0.05, 0.1) is 12.2 Å². The van der Waals surface area contributed by atoms with E-state index in [0.29, 0.717) is 29.7 Å². The molecule has 0 radical (unpaired) electrons. The third kappa shape index (κ3) is 2.89. The average molecular weight is 386 g/mol. The van der Waals surface area contributed by atoms with E-state index in [2.05, 4.69) is 20.1 Å². The summed E-state index contributed by atoms with van der Waals surface area (Å²) >= 11 is 0. The lowest BCUT2D eigenvalue weighted by Crippen LogP contribution is -2.29. The molecule has 0 saturated heterocycles. The van der Waals surface area contributed by atoms with Crippen molar-refractivity contribution < 1.29 is 8.78 Å². The molecule has 2 aliphatic carbocycles. The minimum absolute atomic E-state index is 0.0403. The SMILES string of the molecule is O=c1[nH]c([C@H]2CC[C@H]2c2ncccn2)nc2c1cnn2C1CCC(F)(F)CC1. The van der Waals surface area contributed by atoms with Crippen LogP contribution in [0.2, 0.25) is 0 Å². The van der Waals surface area contributed by atoms with Crippen LogP contribution in [0, 0.1) is 0 Å². The fraction of sp³-hybridized carbons (Fsp3) is 0.526. The summed E-state index contributed by atoms with van der Waals surface area (Å²) in [5.74, 6) is -1.09. The molecule has 0 spiro atoms. The van der Waals surface area contributed by atoms with Gasteiger partial charge in [0.15, 0.2) is 5.65 Å². The van der Waals surface area contributed by atoms with E-state index in [1.807, 2.05) is 0 Å². The molecule has 0 unspecified atom stereocenters. The maximum Gasteiger partial charge on any atom is 0.262 e. The van der Waals surface area contributed by atoms with E-state index in [0.717, 1.165) is 18.7 Å². The zero-order valence-corrected chi connectivity index (χ0v) is 15.2. The normalized spacial score (nSPS) is 24.9. The van der Waals surface area contributed by atoms with Crippen LogP contribution in [-0.4, -0.2) is 35.6 Å². The Morgan fingerprint density at radius 2 is 1.79 bits per heavy atom. The van der Waals surface area contributed by atoms with Crippen molar-refractivity contribution in [2.75, 3.05) is 0 Å². The van der Waals surface area contributed by atoms with E-state index in [9.17, 15) is 13.6 Å². The smallest absolute Gasteiger partial charge is 0.262 e. The molecule has 2 atom stereocenters. The van der Waals surface area contributed by atoms with Crippen LogP contribution in [0.3, 0.4) is 0 Å². The number of hydrogen-bond donors (Lipinski definition) is 1. The minimum Gasteiger partial charge on any atom is -0.310 e. The molecule has 3 heterocycles. The Balaban J connectivity index is 1.49. The van der Waals surface area contributed by atoms with Gasteiger partial charge in [-0.05, 0) is 31.7 Å². The number of nitrogens with one attached hydrogen (secondary N) is 1. The molecule has 1 N–H and O–H groups in total.